The first-order valence-corrected chi connectivity index (χ1v) is 6.06. The van der Waals surface area contributed by atoms with Crippen molar-refractivity contribution < 1.29 is 4.79 Å². The van der Waals surface area contributed by atoms with Crippen LogP contribution in [0.1, 0.15) is 45.4 Å². The fourth-order valence-electron chi connectivity index (χ4n) is 3.13. The summed E-state index contributed by atoms with van der Waals surface area (Å²) in [6.45, 7) is 5.82. The third-order valence-electron chi connectivity index (χ3n) is 4.23. The fourth-order valence-corrected chi connectivity index (χ4v) is 3.13. The van der Waals surface area contributed by atoms with Crippen molar-refractivity contribution >= 4 is 5.91 Å². The molecule has 1 N–H and O–H groups in total. The minimum absolute atomic E-state index is 0.0148. The third-order valence-corrected chi connectivity index (χ3v) is 4.23. The van der Waals surface area contributed by atoms with Gasteiger partial charge in [-0.1, -0.05) is 26.3 Å². The standard InChI is InChI=1S/C13H21NO/c1-3-12(15)14-11-8-13(9-11)6-4-10(2)5-7-13/h3,10-11H,1,4-9H2,2H3,(H,14,15). The monoisotopic (exact) mass is 207 g/mol. The first kappa shape index (κ1) is 10.7. The molecule has 15 heavy (non-hydrogen) atoms. The van der Waals surface area contributed by atoms with Crippen molar-refractivity contribution in [2.24, 2.45) is 11.3 Å². The van der Waals surface area contributed by atoms with Crippen LogP contribution in [0.4, 0.5) is 0 Å². The molecule has 0 aromatic rings. The zero-order valence-corrected chi connectivity index (χ0v) is 9.59. The van der Waals surface area contributed by atoms with E-state index in [4.69, 9.17) is 0 Å². The molecule has 0 heterocycles. The topological polar surface area (TPSA) is 29.1 Å². The Kier molecular flexibility index (Phi) is 2.85. The molecule has 2 saturated carbocycles. The molecule has 0 saturated heterocycles. The van der Waals surface area contributed by atoms with E-state index in [1.54, 1.807) is 0 Å². The molecule has 2 fully saturated rings. The summed E-state index contributed by atoms with van der Waals surface area (Å²) in [6, 6.07) is 0.420. The third kappa shape index (κ3) is 2.24. The lowest BCUT2D eigenvalue weighted by Gasteiger charge is -2.51. The average molecular weight is 207 g/mol. The Morgan fingerprint density at radius 1 is 1.40 bits per heavy atom. The molecule has 2 aliphatic carbocycles. The van der Waals surface area contributed by atoms with Crippen molar-refractivity contribution in [3.8, 4) is 0 Å². The predicted molar refractivity (Wildman–Crippen MR) is 61.4 cm³/mol. The van der Waals surface area contributed by atoms with E-state index in [-0.39, 0.29) is 5.91 Å². The Hall–Kier alpha value is -0.790. The van der Waals surface area contributed by atoms with E-state index in [0.717, 1.165) is 5.92 Å². The molecule has 2 heteroatoms. The Bertz CT molecular complexity index is 256. The summed E-state index contributed by atoms with van der Waals surface area (Å²) in [5.74, 6) is 0.900. The first-order chi connectivity index (χ1) is 7.13. The van der Waals surface area contributed by atoms with E-state index >= 15 is 0 Å². The van der Waals surface area contributed by atoms with Gasteiger partial charge < -0.3 is 5.32 Å². The maximum atomic E-state index is 11.1. The number of carbonyl (C=O) groups excluding carboxylic acids is 1. The van der Waals surface area contributed by atoms with Crippen molar-refractivity contribution in [3.63, 3.8) is 0 Å². The van der Waals surface area contributed by atoms with Gasteiger partial charge >= 0.3 is 0 Å². The lowest BCUT2D eigenvalue weighted by Crippen LogP contribution is -2.51. The number of nitrogens with one attached hydrogen (secondary N) is 1. The number of amides is 1. The normalized spacial score (nSPS) is 39.5. The van der Waals surface area contributed by atoms with Crippen molar-refractivity contribution in [2.75, 3.05) is 0 Å². The quantitative estimate of drug-likeness (QED) is 0.693. The van der Waals surface area contributed by atoms with E-state index in [9.17, 15) is 4.79 Å². The Morgan fingerprint density at radius 2 is 2.00 bits per heavy atom. The smallest absolute Gasteiger partial charge is 0.243 e. The Balaban J connectivity index is 1.77. The number of hydrogen-bond donors (Lipinski definition) is 1. The minimum Gasteiger partial charge on any atom is -0.350 e. The maximum absolute atomic E-state index is 11.1. The van der Waals surface area contributed by atoms with Gasteiger partial charge in [-0.15, -0.1) is 0 Å². The molecule has 0 aromatic heterocycles. The van der Waals surface area contributed by atoms with Gasteiger partial charge in [-0.25, -0.2) is 0 Å². The molecule has 1 spiro atoms. The summed E-state index contributed by atoms with van der Waals surface area (Å²) in [5.41, 5.74) is 0.589. The van der Waals surface area contributed by atoms with Crippen LogP contribution in [0.15, 0.2) is 12.7 Å². The van der Waals surface area contributed by atoms with Crippen LogP contribution in [0.5, 0.6) is 0 Å². The average Bonchev–Trinajstić information content (AvgIpc) is 2.19. The molecule has 0 aromatic carbocycles. The summed E-state index contributed by atoms with van der Waals surface area (Å²) in [5, 5.41) is 2.99. The largest absolute Gasteiger partial charge is 0.350 e. The van der Waals surface area contributed by atoms with Gasteiger partial charge in [-0.3, -0.25) is 4.79 Å². The molecule has 0 unspecified atom stereocenters. The highest BCUT2D eigenvalue weighted by atomic mass is 16.1. The van der Waals surface area contributed by atoms with Gasteiger partial charge in [0.25, 0.3) is 0 Å². The van der Waals surface area contributed by atoms with Crippen LogP contribution in [-0.2, 0) is 4.79 Å². The molecular weight excluding hydrogens is 186 g/mol. The summed E-state index contributed by atoms with van der Waals surface area (Å²) >= 11 is 0. The molecule has 2 nitrogen and oxygen atoms in total. The van der Waals surface area contributed by atoms with Crippen molar-refractivity contribution in [3.05, 3.63) is 12.7 Å². The van der Waals surface area contributed by atoms with Gasteiger partial charge in [0.15, 0.2) is 0 Å². The van der Waals surface area contributed by atoms with Gasteiger partial charge in [0.05, 0.1) is 0 Å². The second kappa shape index (κ2) is 3.99. The second-order valence-corrected chi connectivity index (χ2v) is 5.50. The molecule has 2 rings (SSSR count). The van der Waals surface area contributed by atoms with Crippen LogP contribution in [-0.4, -0.2) is 11.9 Å². The van der Waals surface area contributed by atoms with Gasteiger partial charge in [-0.05, 0) is 43.1 Å². The van der Waals surface area contributed by atoms with Crippen LogP contribution in [0.2, 0.25) is 0 Å². The Morgan fingerprint density at radius 3 is 2.53 bits per heavy atom. The summed E-state index contributed by atoms with van der Waals surface area (Å²) in [7, 11) is 0. The lowest BCUT2D eigenvalue weighted by atomic mass is 9.57. The summed E-state index contributed by atoms with van der Waals surface area (Å²) < 4.78 is 0. The number of carbonyl (C=O) groups is 1. The number of hydrogen-bond acceptors (Lipinski definition) is 1. The summed E-state index contributed by atoms with van der Waals surface area (Å²) in [4.78, 5) is 11.1. The van der Waals surface area contributed by atoms with Crippen LogP contribution < -0.4 is 5.32 Å². The van der Waals surface area contributed by atoms with E-state index in [2.05, 4.69) is 18.8 Å². The van der Waals surface area contributed by atoms with Crippen LogP contribution in [0, 0.1) is 11.3 Å². The highest BCUT2D eigenvalue weighted by Crippen LogP contribution is 2.52. The van der Waals surface area contributed by atoms with E-state index in [1.165, 1.54) is 44.6 Å². The fraction of sp³-hybridized carbons (Fsp3) is 0.769. The van der Waals surface area contributed by atoms with Gasteiger partial charge in [0, 0.05) is 6.04 Å². The van der Waals surface area contributed by atoms with Crippen LogP contribution >= 0.6 is 0 Å². The summed E-state index contributed by atoms with van der Waals surface area (Å²) in [6.07, 6.45) is 9.25. The first-order valence-electron chi connectivity index (χ1n) is 6.06. The molecule has 2 aliphatic rings. The molecule has 0 atom stereocenters. The second-order valence-electron chi connectivity index (χ2n) is 5.50. The highest BCUT2D eigenvalue weighted by Gasteiger charge is 2.45. The van der Waals surface area contributed by atoms with Crippen LogP contribution in [0.25, 0.3) is 0 Å². The highest BCUT2D eigenvalue weighted by molar-refractivity contribution is 5.87. The van der Waals surface area contributed by atoms with Gasteiger partial charge in [-0.2, -0.15) is 0 Å². The van der Waals surface area contributed by atoms with Crippen LogP contribution in [0.3, 0.4) is 0 Å². The SMILES string of the molecule is C=CC(=O)NC1CC2(CCC(C)CC2)C1. The predicted octanol–water partition coefficient (Wildman–Crippen LogP) is 2.65. The van der Waals surface area contributed by atoms with Gasteiger partial charge in [0.1, 0.15) is 0 Å². The molecule has 0 bridgehead atoms. The lowest BCUT2D eigenvalue weighted by molar-refractivity contribution is -0.119. The minimum atomic E-state index is -0.0148. The zero-order valence-electron chi connectivity index (χ0n) is 9.59. The molecule has 0 aliphatic heterocycles. The van der Waals surface area contributed by atoms with E-state index in [1.807, 2.05) is 0 Å². The molecular formula is C13H21NO. The molecule has 84 valence electrons. The van der Waals surface area contributed by atoms with E-state index in [0.29, 0.717) is 11.5 Å². The molecule has 0 radical (unpaired) electrons. The maximum Gasteiger partial charge on any atom is 0.243 e. The zero-order chi connectivity index (χ0) is 10.9. The Labute approximate surface area is 92.1 Å². The van der Waals surface area contributed by atoms with Gasteiger partial charge in [0.2, 0.25) is 5.91 Å². The van der Waals surface area contributed by atoms with Crippen molar-refractivity contribution in [1.82, 2.24) is 5.32 Å². The molecule has 1 amide bonds. The van der Waals surface area contributed by atoms with Crippen molar-refractivity contribution in [1.29, 1.82) is 0 Å². The van der Waals surface area contributed by atoms with E-state index < -0.39 is 0 Å². The van der Waals surface area contributed by atoms with Crippen molar-refractivity contribution in [2.45, 2.75) is 51.5 Å². The number of rotatable bonds is 2.